The number of oxazole rings is 3. The Balaban J connectivity index is 0.000000217. The van der Waals surface area contributed by atoms with Gasteiger partial charge in [-0.3, -0.25) is 49.0 Å². The Morgan fingerprint density at radius 3 is 1.88 bits per heavy atom. The molecule has 60 heavy (non-hydrogen) atoms. The number of aldehydes is 1. The van der Waals surface area contributed by atoms with Gasteiger partial charge >= 0.3 is 22.3 Å². The molecule has 1 fully saturated rings. The quantitative estimate of drug-likeness (QED) is 0.0575. The Bertz CT molecular complexity index is 2610. The zero-order valence-electron chi connectivity index (χ0n) is 30.8. The van der Waals surface area contributed by atoms with Gasteiger partial charge in [0.25, 0.3) is 11.8 Å². The van der Waals surface area contributed by atoms with Gasteiger partial charge in [-0.1, -0.05) is 47.8 Å². The van der Waals surface area contributed by atoms with Gasteiger partial charge in [-0.05, 0) is 54.6 Å². The second kappa shape index (κ2) is 23.3. The number of hydrogen-bond donors (Lipinski definition) is 6. The lowest BCUT2D eigenvalue weighted by molar-refractivity contribution is -0.140. The van der Waals surface area contributed by atoms with Crippen molar-refractivity contribution in [1.82, 2.24) is 30.9 Å². The first-order chi connectivity index (χ1) is 28.4. The molecule has 0 bridgehead atoms. The molecule has 7 rings (SSSR count). The van der Waals surface area contributed by atoms with E-state index in [1.165, 1.54) is 14.2 Å². The van der Waals surface area contributed by atoms with Gasteiger partial charge in [0.05, 0.1) is 39.9 Å². The summed E-state index contributed by atoms with van der Waals surface area (Å²) in [6.45, 7) is -0.0491. The number of fused-ring (bicyclic) bond motifs is 3. The van der Waals surface area contributed by atoms with Gasteiger partial charge in [0.15, 0.2) is 28.8 Å². The SMILES string of the molecule is COC(=O)CN.COC(=O)CNC(C#N)c1nc2cc(Br)ccc2o1.O=C1CNC(c2nc3cc(Br)ccc3o2)C(=O)N1.O=Cc1nc2cc(Br)ccc2o1.O=S(=O)(O)O. The van der Waals surface area contributed by atoms with Crippen molar-refractivity contribution >= 4 is 122 Å². The summed E-state index contributed by atoms with van der Waals surface area (Å²) in [5.41, 5.74) is 8.60. The van der Waals surface area contributed by atoms with Crippen LogP contribution in [-0.4, -0.2) is 96.4 Å². The van der Waals surface area contributed by atoms with E-state index in [2.05, 4.69) is 88.2 Å². The Morgan fingerprint density at radius 2 is 1.42 bits per heavy atom. The van der Waals surface area contributed by atoms with Crippen LogP contribution in [0.4, 0.5) is 0 Å². The lowest BCUT2D eigenvalue weighted by atomic mass is 10.2. The van der Waals surface area contributed by atoms with E-state index in [9.17, 15) is 24.0 Å². The molecular weight excluding hydrogens is 1020 g/mol. The van der Waals surface area contributed by atoms with Crippen LogP contribution in [0.3, 0.4) is 0 Å². The zero-order valence-corrected chi connectivity index (χ0v) is 36.3. The summed E-state index contributed by atoms with van der Waals surface area (Å²) in [5, 5.41) is 16.8. The molecule has 0 aliphatic carbocycles. The average Bonchev–Trinajstić information content (AvgIpc) is 3.94. The molecule has 7 N–H and O–H groups in total. The summed E-state index contributed by atoms with van der Waals surface area (Å²) >= 11 is 9.96. The van der Waals surface area contributed by atoms with Crippen molar-refractivity contribution < 1.29 is 64.2 Å². The molecular formula is C34H31Br3N8O14S. The van der Waals surface area contributed by atoms with Crippen molar-refractivity contribution in [3.8, 4) is 6.07 Å². The highest BCUT2D eigenvalue weighted by Gasteiger charge is 2.31. The summed E-state index contributed by atoms with van der Waals surface area (Å²) in [6.07, 6.45) is 0.591. The second-order valence-corrected chi connectivity index (χ2v) is 14.7. The zero-order chi connectivity index (χ0) is 44.6. The van der Waals surface area contributed by atoms with Gasteiger partial charge in [0.1, 0.15) is 16.6 Å². The van der Waals surface area contributed by atoms with Crippen molar-refractivity contribution in [3.05, 3.63) is 85.7 Å². The smallest absolute Gasteiger partial charge is 0.394 e. The number of benzene rings is 3. The number of halogens is 3. The molecule has 2 unspecified atom stereocenters. The van der Waals surface area contributed by atoms with Gasteiger partial charge in [-0.15, -0.1) is 0 Å². The Morgan fingerprint density at radius 1 is 0.917 bits per heavy atom. The number of methoxy groups -OCH3 is 2. The fourth-order valence-electron chi connectivity index (χ4n) is 4.32. The van der Waals surface area contributed by atoms with E-state index < -0.39 is 34.4 Å². The van der Waals surface area contributed by atoms with Crippen LogP contribution >= 0.6 is 47.8 Å². The first-order valence-corrected chi connectivity index (χ1v) is 20.0. The van der Waals surface area contributed by atoms with Crippen LogP contribution in [0.5, 0.6) is 0 Å². The van der Waals surface area contributed by atoms with Crippen molar-refractivity contribution in [1.29, 1.82) is 5.26 Å². The molecule has 2 atom stereocenters. The van der Waals surface area contributed by atoms with Crippen LogP contribution in [0, 0.1) is 11.3 Å². The standard InChI is InChI=1S/C12H10BrN3O3.C11H8BrN3O3.C8H4BrNO2.C3H7NO2.H2O4S/c1-18-11(17)6-15-9(5-14)12-16-8-4-7(13)2-3-10(8)19-12;12-5-1-2-7-6(3-5)14-11(18-7)9-10(17)15-8(16)4-13-9;9-5-1-2-7-6(3-5)10-8(4-11)12-7;1-6-3(5)2-4;1-5(2,3)4/h2-4,9,15H,6H2,1H3;1-3,9,13H,4H2,(H,15,16,17);1-4H;2,4H2,1H3;(H2,1,2,3,4). The fourth-order valence-corrected chi connectivity index (χ4v) is 5.37. The molecule has 3 aromatic heterocycles. The second-order valence-electron chi connectivity index (χ2n) is 11.1. The molecule has 318 valence electrons. The molecule has 4 heterocycles. The third-order valence-corrected chi connectivity index (χ3v) is 8.37. The van der Waals surface area contributed by atoms with E-state index in [1.54, 1.807) is 36.4 Å². The number of esters is 2. The predicted octanol–water partition coefficient (Wildman–Crippen LogP) is 3.66. The largest absolute Gasteiger partial charge is 0.468 e. The summed E-state index contributed by atoms with van der Waals surface area (Å²) in [4.78, 5) is 66.2. The number of aromatic nitrogens is 3. The molecule has 2 amide bonds. The lowest BCUT2D eigenvalue weighted by Crippen LogP contribution is -2.51. The maximum Gasteiger partial charge on any atom is 0.394 e. The Labute approximate surface area is 363 Å². The highest BCUT2D eigenvalue weighted by Crippen LogP contribution is 2.25. The molecule has 0 saturated carbocycles. The predicted molar refractivity (Wildman–Crippen MR) is 218 cm³/mol. The van der Waals surface area contributed by atoms with Crippen LogP contribution in [0.1, 0.15) is 34.6 Å². The fraction of sp³-hybridized carbons (Fsp3) is 0.206. The van der Waals surface area contributed by atoms with E-state index in [-0.39, 0.29) is 49.2 Å². The average molecular weight is 1050 g/mol. The Kier molecular flexibility index (Phi) is 19.0. The molecule has 1 aliphatic heterocycles. The monoisotopic (exact) mass is 1040 g/mol. The minimum absolute atomic E-state index is 0.0312. The number of ether oxygens (including phenoxy) is 2. The molecule has 22 nitrogen and oxygen atoms in total. The molecule has 0 radical (unpaired) electrons. The number of hydrogen-bond acceptors (Lipinski definition) is 19. The normalized spacial score (nSPS) is 13.7. The number of amides is 2. The van der Waals surface area contributed by atoms with Gasteiger partial charge < -0.3 is 28.5 Å². The molecule has 0 spiro atoms. The van der Waals surface area contributed by atoms with Crippen LogP contribution < -0.4 is 21.7 Å². The van der Waals surface area contributed by atoms with Crippen LogP contribution in [0.25, 0.3) is 33.3 Å². The summed E-state index contributed by atoms with van der Waals surface area (Å²) < 4.78 is 58.9. The van der Waals surface area contributed by atoms with E-state index in [4.69, 9.17) is 41.8 Å². The molecule has 26 heteroatoms. The van der Waals surface area contributed by atoms with Crippen LogP contribution in [0.2, 0.25) is 0 Å². The van der Waals surface area contributed by atoms with Crippen molar-refractivity contribution in [2.75, 3.05) is 33.9 Å². The van der Waals surface area contributed by atoms with Gasteiger partial charge in [0.2, 0.25) is 24.0 Å². The third-order valence-electron chi connectivity index (χ3n) is 6.89. The summed E-state index contributed by atoms with van der Waals surface area (Å²) in [7, 11) is -2.09. The van der Waals surface area contributed by atoms with Gasteiger partial charge in [0, 0.05) is 13.4 Å². The van der Waals surface area contributed by atoms with Gasteiger partial charge in [-0.25, -0.2) is 15.0 Å². The van der Waals surface area contributed by atoms with Gasteiger partial charge in [-0.2, -0.15) is 13.7 Å². The summed E-state index contributed by atoms with van der Waals surface area (Å²) in [5.74, 6) is -1.04. The number of carbonyl (C=O) groups excluding carboxylic acids is 5. The Hall–Kier alpha value is -5.50. The number of nitrogens with one attached hydrogen (secondary N) is 3. The minimum atomic E-state index is -4.67. The first kappa shape index (κ1) is 48.9. The van der Waals surface area contributed by atoms with Crippen molar-refractivity contribution in [2.24, 2.45) is 5.73 Å². The number of nitriles is 1. The van der Waals surface area contributed by atoms with E-state index in [1.807, 2.05) is 24.3 Å². The first-order valence-electron chi connectivity index (χ1n) is 16.2. The van der Waals surface area contributed by atoms with Crippen LogP contribution in [-0.2, 0) is 39.1 Å². The maximum absolute atomic E-state index is 11.6. The topological polar surface area (TPSA) is 342 Å². The number of piperazine rings is 1. The van der Waals surface area contributed by atoms with Crippen molar-refractivity contribution in [3.63, 3.8) is 0 Å². The van der Waals surface area contributed by atoms with E-state index >= 15 is 0 Å². The molecule has 6 aromatic rings. The number of imide groups is 1. The van der Waals surface area contributed by atoms with E-state index in [0.29, 0.717) is 39.6 Å². The number of nitrogens with zero attached hydrogens (tertiary/aromatic N) is 4. The maximum atomic E-state index is 11.6. The number of rotatable bonds is 7. The molecule has 1 aliphatic rings. The summed E-state index contributed by atoms with van der Waals surface area (Å²) in [6, 6.07) is 16.6. The minimum Gasteiger partial charge on any atom is -0.468 e. The molecule has 3 aromatic carbocycles. The highest BCUT2D eigenvalue weighted by molar-refractivity contribution is 9.11. The highest BCUT2D eigenvalue weighted by atomic mass is 79.9. The third kappa shape index (κ3) is 15.9. The van der Waals surface area contributed by atoms with Crippen molar-refractivity contribution in [2.45, 2.75) is 12.1 Å². The lowest BCUT2D eigenvalue weighted by Gasteiger charge is -2.19. The van der Waals surface area contributed by atoms with Crippen LogP contribution in [0.15, 0.2) is 81.3 Å². The molecule has 1 saturated heterocycles. The van der Waals surface area contributed by atoms with E-state index in [0.717, 1.165) is 13.4 Å². The number of carbonyl (C=O) groups is 5. The number of nitrogens with two attached hydrogens (primary N) is 1.